The van der Waals surface area contributed by atoms with Gasteiger partial charge in [0.15, 0.2) is 0 Å². The Labute approximate surface area is 182 Å². The van der Waals surface area contributed by atoms with Crippen LogP contribution in [-0.2, 0) is 17.8 Å². The van der Waals surface area contributed by atoms with Crippen molar-refractivity contribution in [3.63, 3.8) is 0 Å². The molecule has 3 aromatic heterocycles. The highest BCUT2D eigenvalue weighted by Gasteiger charge is 2.38. The van der Waals surface area contributed by atoms with Gasteiger partial charge in [-0.05, 0) is 24.6 Å². The summed E-state index contributed by atoms with van der Waals surface area (Å²) >= 11 is 3.38. The maximum atomic E-state index is 12.8. The fraction of sp³-hybridized carbons (Fsp3) is 0.476. The van der Waals surface area contributed by atoms with Crippen LogP contribution in [0.4, 0.5) is 5.00 Å². The molecule has 6 rings (SSSR count). The molecule has 0 radical (unpaired) electrons. The Bertz CT molecular complexity index is 1060. The van der Waals surface area contributed by atoms with Gasteiger partial charge < -0.3 is 20.9 Å². The summed E-state index contributed by atoms with van der Waals surface area (Å²) in [6, 6.07) is 2.65. The summed E-state index contributed by atoms with van der Waals surface area (Å²) in [4.78, 5) is 25.6. The van der Waals surface area contributed by atoms with Crippen LogP contribution in [0.2, 0.25) is 0 Å². The second kappa shape index (κ2) is 7.65. The standard InChI is InChI=1S/C21H24N6OS2/c28-18(3-6-27-10-12-7-24-15(12)11-27)26-21-19(13-1-4-23-9-17(13)30-21)20-25-14-8-22-5-2-16(14)29-20/h2,5,8,12,15,23-24H,1,3-4,6-7,9-11H2,(H,26,28)/t12-,15+/m1/s1. The van der Waals surface area contributed by atoms with Gasteiger partial charge in [-0.3, -0.25) is 9.78 Å². The summed E-state index contributed by atoms with van der Waals surface area (Å²) in [6.07, 6.45) is 5.12. The molecule has 156 valence electrons. The first-order valence-electron chi connectivity index (χ1n) is 10.6. The largest absolute Gasteiger partial charge is 0.317 e. The Hall–Kier alpha value is -1.91. The van der Waals surface area contributed by atoms with Crippen molar-refractivity contribution < 1.29 is 4.79 Å². The molecule has 3 aliphatic rings. The van der Waals surface area contributed by atoms with E-state index in [1.54, 1.807) is 28.9 Å². The number of hydrogen-bond acceptors (Lipinski definition) is 8. The number of hydrogen-bond donors (Lipinski definition) is 3. The number of rotatable bonds is 5. The van der Waals surface area contributed by atoms with E-state index in [9.17, 15) is 4.79 Å². The summed E-state index contributed by atoms with van der Waals surface area (Å²) < 4.78 is 1.13. The zero-order valence-corrected chi connectivity index (χ0v) is 18.2. The molecule has 0 spiro atoms. The monoisotopic (exact) mass is 440 g/mol. The number of nitrogens with zero attached hydrogens (tertiary/aromatic N) is 3. The molecule has 0 aromatic carbocycles. The third-order valence-electron chi connectivity index (χ3n) is 6.40. The zero-order valence-electron chi connectivity index (χ0n) is 16.6. The van der Waals surface area contributed by atoms with Gasteiger partial charge in [0.2, 0.25) is 5.91 Å². The van der Waals surface area contributed by atoms with Crippen molar-refractivity contribution in [3.05, 3.63) is 28.9 Å². The number of likely N-dealkylation sites (tertiary alicyclic amines) is 1. The Morgan fingerprint density at radius 2 is 2.30 bits per heavy atom. The first kappa shape index (κ1) is 18.8. The number of thiazole rings is 1. The number of nitrogens with one attached hydrogen (secondary N) is 3. The van der Waals surface area contributed by atoms with Crippen molar-refractivity contribution >= 4 is 43.8 Å². The van der Waals surface area contributed by atoms with Crippen molar-refractivity contribution in [1.29, 1.82) is 0 Å². The van der Waals surface area contributed by atoms with Crippen molar-refractivity contribution in [2.75, 3.05) is 38.0 Å². The number of fused-ring (bicyclic) bond motifs is 3. The molecule has 7 nitrogen and oxygen atoms in total. The molecule has 2 atom stereocenters. The number of carbonyl (C=O) groups is 1. The van der Waals surface area contributed by atoms with Crippen molar-refractivity contribution in [2.24, 2.45) is 5.92 Å². The first-order valence-corrected chi connectivity index (χ1v) is 12.2. The van der Waals surface area contributed by atoms with Gasteiger partial charge in [0.05, 0.1) is 10.9 Å². The first-order chi connectivity index (χ1) is 14.7. The minimum atomic E-state index is 0.0952. The van der Waals surface area contributed by atoms with E-state index >= 15 is 0 Å². The van der Waals surface area contributed by atoms with Crippen LogP contribution in [0.1, 0.15) is 16.9 Å². The SMILES string of the molecule is O=C(CCN1C[C@H]2CN[C@H]2C1)Nc1sc2c(c1-c1nc3cnccc3s1)CCNC2. The summed E-state index contributed by atoms with van der Waals surface area (Å²) in [5, 5.41) is 12.1. The molecule has 3 aliphatic heterocycles. The fourth-order valence-corrected chi connectivity index (χ4v) is 7.02. The van der Waals surface area contributed by atoms with Gasteiger partial charge in [0, 0.05) is 67.7 Å². The minimum Gasteiger partial charge on any atom is -0.317 e. The Morgan fingerprint density at radius 1 is 1.33 bits per heavy atom. The van der Waals surface area contributed by atoms with Gasteiger partial charge in [-0.15, -0.1) is 22.7 Å². The predicted molar refractivity (Wildman–Crippen MR) is 121 cm³/mol. The fourth-order valence-electron chi connectivity index (χ4n) is 4.71. The lowest BCUT2D eigenvalue weighted by Gasteiger charge is -2.30. The normalized spacial score (nSPS) is 23.2. The van der Waals surface area contributed by atoms with E-state index in [-0.39, 0.29) is 5.91 Å². The van der Waals surface area contributed by atoms with E-state index in [0.717, 1.165) is 77.4 Å². The molecule has 0 bridgehead atoms. The minimum absolute atomic E-state index is 0.0952. The van der Waals surface area contributed by atoms with Gasteiger partial charge in [0.1, 0.15) is 15.5 Å². The number of anilines is 1. The van der Waals surface area contributed by atoms with Crippen LogP contribution in [-0.4, -0.2) is 59.5 Å². The van der Waals surface area contributed by atoms with Gasteiger partial charge in [-0.2, -0.15) is 0 Å². The lowest BCUT2D eigenvalue weighted by Crippen LogP contribution is -2.51. The topological polar surface area (TPSA) is 82.2 Å². The average molecular weight is 441 g/mol. The number of aromatic nitrogens is 2. The average Bonchev–Trinajstić information content (AvgIpc) is 3.39. The maximum absolute atomic E-state index is 12.8. The Balaban J connectivity index is 1.24. The summed E-state index contributed by atoms with van der Waals surface area (Å²) in [5.41, 5.74) is 3.37. The van der Waals surface area contributed by atoms with Crippen LogP contribution in [0.3, 0.4) is 0 Å². The van der Waals surface area contributed by atoms with Gasteiger partial charge >= 0.3 is 0 Å². The lowest BCUT2D eigenvalue weighted by atomic mass is 9.96. The van der Waals surface area contributed by atoms with Crippen molar-refractivity contribution in [3.8, 4) is 10.6 Å². The molecule has 6 heterocycles. The number of carbonyl (C=O) groups excluding carboxylic acids is 1. The van der Waals surface area contributed by atoms with Gasteiger partial charge in [-0.25, -0.2) is 4.98 Å². The summed E-state index contributed by atoms with van der Waals surface area (Å²) in [7, 11) is 0. The van der Waals surface area contributed by atoms with Crippen LogP contribution in [0, 0.1) is 5.92 Å². The quantitative estimate of drug-likeness (QED) is 0.565. The van der Waals surface area contributed by atoms with Crippen LogP contribution >= 0.6 is 22.7 Å². The van der Waals surface area contributed by atoms with Crippen molar-refractivity contribution in [2.45, 2.75) is 25.4 Å². The second-order valence-corrected chi connectivity index (χ2v) is 10.5. The summed E-state index contributed by atoms with van der Waals surface area (Å²) in [6.45, 7) is 5.97. The molecule has 3 aromatic rings. The molecule has 0 aliphatic carbocycles. The van der Waals surface area contributed by atoms with Crippen LogP contribution in [0.5, 0.6) is 0 Å². The zero-order chi connectivity index (χ0) is 20.1. The molecule has 3 N–H and O–H groups in total. The van der Waals surface area contributed by atoms with Gasteiger partial charge in [-0.1, -0.05) is 0 Å². The third-order valence-corrected chi connectivity index (χ3v) is 8.60. The smallest absolute Gasteiger partial charge is 0.226 e. The predicted octanol–water partition coefficient (Wildman–Crippen LogP) is 2.30. The Kier molecular flexibility index (Phi) is 4.80. The van der Waals surface area contributed by atoms with Crippen molar-refractivity contribution in [1.82, 2.24) is 25.5 Å². The van der Waals surface area contributed by atoms with Crippen LogP contribution in [0.15, 0.2) is 18.5 Å². The van der Waals surface area contributed by atoms with Crippen LogP contribution in [0.25, 0.3) is 20.8 Å². The molecule has 9 heteroatoms. The molecule has 0 unspecified atom stereocenters. The van der Waals surface area contributed by atoms with E-state index in [4.69, 9.17) is 4.98 Å². The van der Waals surface area contributed by atoms with E-state index in [1.807, 2.05) is 12.3 Å². The highest BCUT2D eigenvalue weighted by Crippen LogP contribution is 2.44. The number of amides is 1. The highest BCUT2D eigenvalue weighted by molar-refractivity contribution is 7.22. The second-order valence-electron chi connectivity index (χ2n) is 8.33. The highest BCUT2D eigenvalue weighted by atomic mass is 32.1. The van der Waals surface area contributed by atoms with E-state index in [0.29, 0.717) is 12.5 Å². The summed E-state index contributed by atoms with van der Waals surface area (Å²) in [5.74, 6) is 0.877. The third kappa shape index (κ3) is 3.34. The van der Waals surface area contributed by atoms with Gasteiger partial charge in [0.25, 0.3) is 0 Å². The molecule has 1 amide bonds. The molecular weight excluding hydrogens is 416 g/mol. The van der Waals surface area contributed by atoms with E-state index in [2.05, 4.69) is 25.8 Å². The van der Waals surface area contributed by atoms with Crippen LogP contribution < -0.4 is 16.0 Å². The Morgan fingerprint density at radius 3 is 3.10 bits per heavy atom. The number of pyridine rings is 1. The molecular formula is C21H24N6OS2. The van der Waals surface area contributed by atoms with E-state index < -0.39 is 0 Å². The number of thiophene rings is 1. The van der Waals surface area contributed by atoms with E-state index in [1.165, 1.54) is 10.4 Å². The molecule has 30 heavy (non-hydrogen) atoms. The molecule has 2 saturated heterocycles. The lowest BCUT2D eigenvalue weighted by molar-refractivity contribution is -0.116. The molecule has 2 fully saturated rings. The maximum Gasteiger partial charge on any atom is 0.226 e. The molecule has 0 saturated carbocycles.